The summed E-state index contributed by atoms with van der Waals surface area (Å²) in [6.07, 6.45) is 4.57. The maximum absolute atomic E-state index is 12.8. The summed E-state index contributed by atoms with van der Waals surface area (Å²) in [5.41, 5.74) is 2.61. The maximum Gasteiger partial charge on any atom is 0.336 e. The van der Waals surface area contributed by atoms with Crippen molar-refractivity contribution in [3.05, 3.63) is 75.9 Å². The summed E-state index contributed by atoms with van der Waals surface area (Å²) in [6, 6.07) is 6.54. The fourth-order valence-electron chi connectivity index (χ4n) is 3.08. The van der Waals surface area contributed by atoms with Crippen molar-refractivity contribution in [1.29, 1.82) is 0 Å². The third-order valence-corrected chi connectivity index (χ3v) is 4.61. The number of aromatic nitrogens is 5. The minimum absolute atomic E-state index is 0.155. The van der Waals surface area contributed by atoms with Gasteiger partial charge in [0.2, 0.25) is 5.88 Å². The Kier molecular flexibility index (Phi) is 4.26. The Balaban J connectivity index is 1.61. The first kappa shape index (κ1) is 17.7. The lowest BCUT2D eigenvalue weighted by atomic mass is 10.2. The third kappa shape index (κ3) is 3.18. The molecule has 144 valence electrons. The quantitative estimate of drug-likeness (QED) is 0.547. The van der Waals surface area contributed by atoms with Crippen LogP contribution >= 0.6 is 0 Å². The van der Waals surface area contributed by atoms with Gasteiger partial charge < -0.3 is 14.7 Å². The Hall–Kier alpha value is -3.75. The number of aromatic hydroxyl groups is 2. The number of phenolic OH excluding ortho intramolecular Hbond substituents is 1. The second kappa shape index (κ2) is 6.76. The van der Waals surface area contributed by atoms with Gasteiger partial charge in [0.25, 0.3) is 0 Å². The van der Waals surface area contributed by atoms with Crippen LogP contribution in [0.2, 0.25) is 0 Å². The van der Waals surface area contributed by atoms with Crippen LogP contribution in [0.1, 0.15) is 22.6 Å². The average molecular weight is 381 g/mol. The van der Waals surface area contributed by atoms with E-state index in [9.17, 15) is 15.0 Å². The number of nitrogens with zero attached hydrogens (tertiary/aromatic N) is 5. The SMILES string of the molecule is Cc1noc(C)c1Cn1cc(-n2c(O)cn(Cc3ccc(O)cc3)c2=O)cn1. The topological polar surface area (TPSA) is 111 Å². The van der Waals surface area contributed by atoms with Crippen LogP contribution in [0.25, 0.3) is 5.69 Å². The van der Waals surface area contributed by atoms with Gasteiger partial charge in [-0.3, -0.25) is 9.25 Å². The number of rotatable bonds is 5. The molecule has 0 unspecified atom stereocenters. The van der Waals surface area contributed by atoms with E-state index in [1.807, 2.05) is 13.8 Å². The Morgan fingerprint density at radius 3 is 2.50 bits per heavy atom. The first-order valence-corrected chi connectivity index (χ1v) is 8.66. The van der Waals surface area contributed by atoms with Crippen LogP contribution in [0, 0.1) is 13.8 Å². The van der Waals surface area contributed by atoms with Crippen LogP contribution in [0.5, 0.6) is 11.6 Å². The Labute approximate surface area is 159 Å². The lowest BCUT2D eigenvalue weighted by molar-refractivity contribution is 0.391. The number of hydrogen-bond acceptors (Lipinski definition) is 6. The smallest absolute Gasteiger partial charge is 0.336 e. The zero-order valence-corrected chi connectivity index (χ0v) is 15.4. The average Bonchev–Trinajstić information content (AvgIpc) is 3.32. The second-order valence-corrected chi connectivity index (χ2v) is 6.60. The van der Waals surface area contributed by atoms with E-state index in [2.05, 4.69) is 10.3 Å². The van der Waals surface area contributed by atoms with Gasteiger partial charge >= 0.3 is 5.69 Å². The molecule has 3 aromatic heterocycles. The molecule has 0 fully saturated rings. The fourth-order valence-corrected chi connectivity index (χ4v) is 3.08. The molecular formula is C19H19N5O4. The van der Waals surface area contributed by atoms with Crippen molar-refractivity contribution >= 4 is 0 Å². The molecule has 28 heavy (non-hydrogen) atoms. The molecule has 0 radical (unpaired) electrons. The Morgan fingerprint density at radius 1 is 1.07 bits per heavy atom. The lowest BCUT2D eigenvalue weighted by Crippen LogP contribution is -2.23. The number of benzene rings is 1. The highest BCUT2D eigenvalue weighted by molar-refractivity contribution is 5.32. The predicted molar refractivity (Wildman–Crippen MR) is 99.8 cm³/mol. The fraction of sp³-hybridized carbons (Fsp3) is 0.211. The molecule has 1 aromatic carbocycles. The minimum atomic E-state index is -0.387. The molecule has 4 rings (SSSR count). The van der Waals surface area contributed by atoms with E-state index in [4.69, 9.17) is 4.52 Å². The van der Waals surface area contributed by atoms with Gasteiger partial charge in [0.15, 0.2) is 0 Å². The summed E-state index contributed by atoms with van der Waals surface area (Å²) in [4.78, 5) is 12.8. The number of imidazole rings is 1. The number of phenols is 1. The van der Waals surface area contributed by atoms with E-state index in [-0.39, 0.29) is 23.9 Å². The van der Waals surface area contributed by atoms with E-state index in [0.29, 0.717) is 12.2 Å². The summed E-state index contributed by atoms with van der Waals surface area (Å²) in [5, 5.41) is 27.9. The van der Waals surface area contributed by atoms with Gasteiger partial charge in [0.05, 0.1) is 36.9 Å². The van der Waals surface area contributed by atoms with Crippen molar-refractivity contribution in [1.82, 2.24) is 24.1 Å². The molecule has 0 aliphatic rings. The lowest BCUT2D eigenvalue weighted by Gasteiger charge is -2.02. The van der Waals surface area contributed by atoms with E-state index in [1.165, 1.54) is 21.5 Å². The van der Waals surface area contributed by atoms with Crippen molar-refractivity contribution in [3.63, 3.8) is 0 Å². The highest BCUT2D eigenvalue weighted by atomic mass is 16.5. The first-order chi connectivity index (χ1) is 13.4. The van der Waals surface area contributed by atoms with E-state index >= 15 is 0 Å². The maximum atomic E-state index is 12.8. The highest BCUT2D eigenvalue weighted by Crippen LogP contribution is 2.18. The van der Waals surface area contributed by atoms with Crippen molar-refractivity contribution in [3.8, 4) is 17.3 Å². The van der Waals surface area contributed by atoms with Crippen LogP contribution in [-0.2, 0) is 13.1 Å². The summed E-state index contributed by atoms with van der Waals surface area (Å²) >= 11 is 0. The van der Waals surface area contributed by atoms with Gasteiger partial charge in [0, 0.05) is 11.8 Å². The van der Waals surface area contributed by atoms with E-state index in [0.717, 1.165) is 22.6 Å². The van der Waals surface area contributed by atoms with Gasteiger partial charge in [-0.15, -0.1) is 0 Å². The molecule has 2 N–H and O–H groups in total. The standard InChI is InChI=1S/C19H19N5O4/c1-12-17(13(2)28-21-12)10-23-9-15(7-20-23)24-18(26)11-22(19(24)27)8-14-3-5-16(25)6-4-14/h3-7,9,11,25-26H,8,10H2,1-2H3. The van der Waals surface area contributed by atoms with Crippen LogP contribution in [0.15, 0.2) is 52.2 Å². The highest BCUT2D eigenvalue weighted by Gasteiger charge is 2.16. The molecular weight excluding hydrogens is 362 g/mol. The second-order valence-electron chi connectivity index (χ2n) is 6.60. The summed E-state index contributed by atoms with van der Waals surface area (Å²) in [6.45, 7) is 4.41. The minimum Gasteiger partial charge on any atom is -0.508 e. The number of hydrogen-bond donors (Lipinski definition) is 2. The normalized spacial score (nSPS) is 11.2. The molecule has 4 aromatic rings. The molecule has 0 saturated heterocycles. The molecule has 0 spiro atoms. The van der Waals surface area contributed by atoms with Gasteiger partial charge in [0.1, 0.15) is 11.5 Å². The van der Waals surface area contributed by atoms with Crippen LogP contribution in [0.4, 0.5) is 0 Å². The first-order valence-electron chi connectivity index (χ1n) is 8.66. The third-order valence-electron chi connectivity index (χ3n) is 4.61. The summed E-state index contributed by atoms with van der Waals surface area (Å²) in [5.74, 6) is 0.692. The van der Waals surface area contributed by atoms with Crippen molar-refractivity contribution in [2.45, 2.75) is 26.9 Å². The van der Waals surface area contributed by atoms with Crippen LogP contribution < -0.4 is 5.69 Å². The zero-order chi connectivity index (χ0) is 19.8. The Bertz CT molecular complexity index is 1160. The van der Waals surface area contributed by atoms with Crippen LogP contribution in [0.3, 0.4) is 0 Å². The largest absolute Gasteiger partial charge is 0.508 e. The van der Waals surface area contributed by atoms with Crippen molar-refractivity contribution < 1.29 is 14.7 Å². The molecule has 9 nitrogen and oxygen atoms in total. The zero-order valence-electron chi connectivity index (χ0n) is 15.4. The molecule has 0 amide bonds. The predicted octanol–water partition coefficient (Wildman–Crippen LogP) is 1.95. The van der Waals surface area contributed by atoms with Crippen molar-refractivity contribution in [2.75, 3.05) is 0 Å². The molecule has 9 heteroatoms. The van der Waals surface area contributed by atoms with Crippen molar-refractivity contribution in [2.24, 2.45) is 0 Å². The summed E-state index contributed by atoms with van der Waals surface area (Å²) in [7, 11) is 0. The monoisotopic (exact) mass is 381 g/mol. The number of aryl methyl sites for hydroxylation is 2. The molecule has 0 atom stereocenters. The molecule has 0 aliphatic carbocycles. The van der Waals surface area contributed by atoms with Gasteiger partial charge in [-0.25, -0.2) is 9.36 Å². The molecule has 0 aliphatic heterocycles. The van der Waals surface area contributed by atoms with Gasteiger partial charge in [-0.1, -0.05) is 17.3 Å². The summed E-state index contributed by atoms with van der Waals surface area (Å²) < 4.78 is 9.40. The molecule has 0 saturated carbocycles. The molecule has 3 heterocycles. The molecule has 0 bridgehead atoms. The van der Waals surface area contributed by atoms with E-state index in [1.54, 1.807) is 35.1 Å². The van der Waals surface area contributed by atoms with Crippen LogP contribution in [-0.4, -0.2) is 34.3 Å². The van der Waals surface area contributed by atoms with Gasteiger partial charge in [-0.05, 0) is 31.5 Å². The van der Waals surface area contributed by atoms with E-state index < -0.39 is 0 Å². The van der Waals surface area contributed by atoms with Gasteiger partial charge in [-0.2, -0.15) is 5.10 Å². The Morgan fingerprint density at radius 2 is 1.82 bits per heavy atom.